The number of piperidine rings is 1. The van der Waals surface area contributed by atoms with Crippen molar-refractivity contribution in [1.82, 2.24) is 9.80 Å². The molecule has 0 unspecified atom stereocenters. The van der Waals surface area contributed by atoms with Crippen molar-refractivity contribution in [3.63, 3.8) is 0 Å². The zero-order valence-corrected chi connectivity index (χ0v) is 24.0. The Kier molecular flexibility index (Phi) is 7.84. The van der Waals surface area contributed by atoms with Crippen LogP contribution in [0.15, 0.2) is 35.1 Å². The number of nitrogens with zero attached hydrogens (tertiary/aromatic N) is 3. The van der Waals surface area contributed by atoms with Gasteiger partial charge in [0.05, 0.1) is 23.6 Å². The van der Waals surface area contributed by atoms with Crippen molar-refractivity contribution in [2.24, 2.45) is 11.8 Å². The Bertz CT molecular complexity index is 1440. The highest BCUT2D eigenvalue weighted by atomic mass is 17.0. The van der Waals surface area contributed by atoms with Gasteiger partial charge in [-0.1, -0.05) is 19.1 Å². The van der Waals surface area contributed by atoms with Crippen molar-refractivity contribution < 1.29 is 49.8 Å². The fourth-order valence-electron chi connectivity index (χ4n) is 7.35. The second kappa shape index (κ2) is 11.0. The SMILES string of the molecule is C[C@H]1c2cccc(O)c2C(O)=C2C(=O)[C@]3(O)C(O)=C(C(=O)CCN4CCC(O[N+](=O)[O-])CC4)C(=O)[C@@H](N(C)C)[C@@H]3[C@@H](O)[C@@H]21. The van der Waals surface area contributed by atoms with E-state index in [0.717, 1.165) is 0 Å². The van der Waals surface area contributed by atoms with E-state index < -0.39 is 86.7 Å². The van der Waals surface area contributed by atoms with E-state index in [-0.39, 0.29) is 24.3 Å². The molecule has 0 amide bonds. The molecule has 5 rings (SSSR count). The van der Waals surface area contributed by atoms with Gasteiger partial charge in [0.1, 0.15) is 28.9 Å². The molecule has 0 radical (unpaired) electrons. The molecule has 14 heteroatoms. The first kappa shape index (κ1) is 30.6. The average Bonchev–Trinajstić information content (AvgIpc) is 2.94. The van der Waals surface area contributed by atoms with Crippen molar-refractivity contribution in [2.75, 3.05) is 33.7 Å². The third kappa shape index (κ3) is 4.69. The summed E-state index contributed by atoms with van der Waals surface area (Å²) in [6.45, 7) is 2.61. The fourth-order valence-corrected chi connectivity index (χ4v) is 7.35. The number of likely N-dealkylation sites (tertiary alicyclic amines) is 1. The number of hydrogen-bond acceptors (Lipinski definition) is 13. The molecule has 1 aromatic carbocycles. The number of fused-ring (bicyclic) bond motifs is 3. The number of aromatic hydroxyl groups is 1. The Morgan fingerprint density at radius 3 is 2.44 bits per heavy atom. The van der Waals surface area contributed by atoms with E-state index >= 15 is 0 Å². The number of aliphatic hydroxyl groups excluding tert-OH is 3. The van der Waals surface area contributed by atoms with Gasteiger partial charge in [-0.15, -0.1) is 10.1 Å². The molecule has 232 valence electrons. The molecule has 0 bridgehead atoms. The first-order valence-corrected chi connectivity index (χ1v) is 14.1. The van der Waals surface area contributed by atoms with Gasteiger partial charge in [-0.05, 0) is 44.5 Å². The number of likely N-dealkylation sites (N-methyl/N-ethyl adjacent to an activating group) is 1. The third-order valence-corrected chi connectivity index (χ3v) is 9.45. The molecule has 14 nitrogen and oxygen atoms in total. The van der Waals surface area contributed by atoms with Crippen LogP contribution < -0.4 is 0 Å². The summed E-state index contributed by atoms with van der Waals surface area (Å²) in [6, 6.07) is 3.12. The first-order valence-electron chi connectivity index (χ1n) is 14.1. The zero-order valence-electron chi connectivity index (χ0n) is 24.0. The quantitative estimate of drug-likeness (QED) is 0.165. The van der Waals surface area contributed by atoms with Gasteiger partial charge in [0.2, 0.25) is 5.78 Å². The molecule has 1 saturated carbocycles. The smallest absolute Gasteiger partial charge is 0.294 e. The molecule has 1 aliphatic heterocycles. The Hall–Kier alpha value is -3.85. The minimum absolute atomic E-state index is 0.0351. The van der Waals surface area contributed by atoms with Crippen LogP contribution in [0, 0.1) is 22.0 Å². The molecule has 2 fully saturated rings. The summed E-state index contributed by atoms with van der Waals surface area (Å²) in [7, 11) is 2.98. The van der Waals surface area contributed by atoms with Crippen molar-refractivity contribution in [1.29, 1.82) is 0 Å². The van der Waals surface area contributed by atoms with Crippen molar-refractivity contribution in [2.45, 2.75) is 56.0 Å². The summed E-state index contributed by atoms with van der Waals surface area (Å²) < 4.78 is 0. The van der Waals surface area contributed by atoms with Gasteiger partial charge >= 0.3 is 0 Å². The Morgan fingerprint density at radius 1 is 1.19 bits per heavy atom. The second-order valence-corrected chi connectivity index (χ2v) is 12.0. The lowest BCUT2D eigenvalue weighted by Crippen LogP contribution is -2.70. The van der Waals surface area contributed by atoms with Crippen molar-refractivity contribution in [3.8, 4) is 5.75 Å². The number of hydrogen-bond donors (Lipinski definition) is 5. The van der Waals surface area contributed by atoms with E-state index in [4.69, 9.17) is 0 Å². The molecule has 4 aliphatic rings. The van der Waals surface area contributed by atoms with Crippen LogP contribution in [0.3, 0.4) is 0 Å². The summed E-state index contributed by atoms with van der Waals surface area (Å²) in [6.07, 6.45) is -1.73. The number of benzene rings is 1. The van der Waals surface area contributed by atoms with Gasteiger partial charge in [-0.3, -0.25) is 19.3 Å². The van der Waals surface area contributed by atoms with Crippen LogP contribution in [-0.4, -0.2) is 115 Å². The highest BCUT2D eigenvalue weighted by molar-refractivity contribution is 6.25. The number of carbonyl (C=O) groups is 3. The van der Waals surface area contributed by atoms with Gasteiger partial charge in [0.15, 0.2) is 17.2 Å². The topological polar surface area (TPSA) is 211 Å². The number of phenols is 1. The predicted molar refractivity (Wildman–Crippen MR) is 148 cm³/mol. The molecule has 0 spiro atoms. The third-order valence-electron chi connectivity index (χ3n) is 9.45. The largest absolute Gasteiger partial charge is 0.508 e. The Balaban J connectivity index is 1.52. The molecule has 0 aromatic heterocycles. The highest BCUT2D eigenvalue weighted by Gasteiger charge is 2.68. The van der Waals surface area contributed by atoms with Crippen LogP contribution in [0.5, 0.6) is 5.75 Å². The van der Waals surface area contributed by atoms with Gasteiger partial charge < -0.3 is 35.3 Å². The van der Waals surface area contributed by atoms with E-state index in [1.807, 2.05) is 4.90 Å². The number of ketones is 3. The van der Waals surface area contributed by atoms with Crippen LogP contribution in [0.1, 0.15) is 43.2 Å². The summed E-state index contributed by atoms with van der Waals surface area (Å²) in [5, 5.41) is 66.6. The van der Waals surface area contributed by atoms with Gasteiger partial charge in [0.25, 0.3) is 5.09 Å². The molecule has 43 heavy (non-hydrogen) atoms. The number of carbonyl (C=O) groups excluding carboxylic acids is 3. The maximum Gasteiger partial charge on any atom is 0.294 e. The number of phenolic OH excluding ortho intramolecular Hbond substituents is 1. The molecule has 1 heterocycles. The normalized spacial score (nSPS) is 31.5. The lowest BCUT2D eigenvalue weighted by molar-refractivity contribution is -0.769. The van der Waals surface area contributed by atoms with Gasteiger partial charge in [0, 0.05) is 37.5 Å². The van der Waals surface area contributed by atoms with E-state index in [2.05, 4.69) is 4.84 Å². The second-order valence-electron chi connectivity index (χ2n) is 12.0. The lowest BCUT2D eigenvalue weighted by Gasteiger charge is -2.53. The molecule has 1 saturated heterocycles. The predicted octanol–water partition coefficient (Wildman–Crippen LogP) is 0.642. The minimum atomic E-state index is -2.92. The monoisotopic (exact) mass is 601 g/mol. The maximum absolute atomic E-state index is 14.1. The van der Waals surface area contributed by atoms with Crippen molar-refractivity contribution >= 4 is 23.1 Å². The summed E-state index contributed by atoms with van der Waals surface area (Å²) in [5.74, 6) is -8.31. The molecular weight excluding hydrogens is 566 g/mol. The van der Waals surface area contributed by atoms with Crippen LogP contribution in [0.25, 0.3) is 5.76 Å². The van der Waals surface area contributed by atoms with E-state index in [1.54, 1.807) is 19.1 Å². The van der Waals surface area contributed by atoms with E-state index in [0.29, 0.717) is 31.5 Å². The van der Waals surface area contributed by atoms with Crippen LogP contribution in [-0.2, 0) is 19.2 Å². The number of aliphatic hydroxyl groups is 4. The van der Waals surface area contributed by atoms with E-state index in [9.17, 15) is 50.0 Å². The molecular formula is C29H35N3O11. The number of Topliss-reactive ketones (excluding diaryl/α,β-unsaturated/α-hetero) is 3. The van der Waals surface area contributed by atoms with Crippen LogP contribution >= 0.6 is 0 Å². The highest BCUT2D eigenvalue weighted by Crippen LogP contribution is 2.56. The lowest BCUT2D eigenvalue weighted by atomic mass is 9.54. The zero-order chi connectivity index (χ0) is 31.5. The average molecular weight is 602 g/mol. The minimum Gasteiger partial charge on any atom is -0.508 e. The van der Waals surface area contributed by atoms with Crippen LogP contribution in [0.2, 0.25) is 0 Å². The molecule has 6 atom stereocenters. The standard InChI is InChI=1S/C29H35N3O11/c1-13-15-5-4-6-16(33)19(15)24(35)21-18(13)25(36)22-23(30(2)3)26(37)20(27(38)29(22,40)28(21)39)17(34)9-12-31-10-7-14(8-11-31)43-32(41)42/h4-6,13-14,18,22-23,25,33,35-36,38,40H,7-12H2,1-3H3/t13-,18+,22+,23-,25-,29+/m0/s1. The summed E-state index contributed by atoms with van der Waals surface area (Å²) in [4.78, 5) is 59.8. The van der Waals surface area contributed by atoms with Crippen LogP contribution in [0.4, 0.5) is 0 Å². The maximum atomic E-state index is 14.1. The first-order chi connectivity index (χ1) is 20.2. The summed E-state index contributed by atoms with van der Waals surface area (Å²) >= 11 is 0. The Labute approximate surface area is 246 Å². The Morgan fingerprint density at radius 2 is 1.84 bits per heavy atom. The number of rotatable bonds is 7. The van der Waals surface area contributed by atoms with Gasteiger partial charge in [-0.2, -0.15) is 0 Å². The summed E-state index contributed by atoms with van der Waals surface area (Å²) in [5.41, 5.74) is -3.66. The molecule has 3 aliphatic carbocycles. The van der Waals surface area contributed by atoms with Gasteiger partial charge in [-0.25, -0.2) is 0 Å². The van der Waals surface area contributed by atoms with Crippen molar-refractivity contribution in [3.05, 3.63) is 56.3 Å². The molecule has 1 aromatic rings. The fraction of sp³-hybridized carbons (Fsp3) is 0.552. The van der Waals surface area contributed by atoms with E-state index in [1.165, 1.54) is 25.1 Å². The molecule has 5 N–H and O–H groups in total.